The smallest absolute Gasteiger partial charge is 0.283 e. The van der Waals surface area contributed by atoms with Crippen LogP contribution in [0.1, 0.15) is 68.3 Å². The number of aryl methyl sites for hydroxylation is 1. The van der Waals surface area contributed by atoms with Crippen LogP contribution in [0.5, 0.6) is 0 Å². The number of amides is 3. The van der Waals surface area contributed by atoms with Crippen molar-refractivity contribution < 1.29 is 14.4 Å². The average molecular weight is 494 g/mol. The summed E-state index contributed by atoms with van der Waals surface area (Å²) in [5.41, 5.74) is 2.73. The Bertz CT molecular complexity index is 1140. The molecular weight excluding hydrogens is 462 g/mol. The Morgan fingerprint density at radius 3 is 2.54 bits per heavy atom. The molecule has 3 amide bonds. The molecule has 2 aromatic rings. The van der Waals surface area contributed by atoms with Crippen molar-refractivity contribution in [1.29, 1.82) is 0 Å². The number of rotatable bonds is 8. The summed E-state index contributed by atoms with van der Waals surface area (Å²) in [5.74, 6) is -1.09. The number of hydrogen-bond donors (Lipinski definition) is 1. The minimum Gasteiger partial charge on any atom is -0.350 e. The normalized spacial score (nSPS) is 18.4. The molecule has 0 aromatic heterocycles. The highest BCUT2D eigenvalue weighted by Gasteiger charge is 2.39. The summed E-state index contributed by atoms with van der Waals surface area (Å²) in [4.78, 5) is 42.2. The van der Waals surface area contributed by atoms with Gasteiger partial charge < -0.3 is 10.2 Å². The van der Waals surface area contributed by atoms with E-state index in [1.165, 1.54) is 0 Å². The summed E-state index contributed by atoms with van der Waals surface area (Å²) in [7, 11) is 0. The molecule has 1 N–H and O–H groups in total. The van der Waals surface area contributed by atoms with Gasteiger partial charge in [-0.05, 0) is 74.4 Å². The lowest BCUT2D eigenvalue weighted by Gasteiger charge is -2.35. The molecule has 2 aliphatic rings. The highest BCUT2D eigenvalue weighted by Crippen LogP contribution is 2.31. The fraction of sp³-hybridized carbons (Fsp3) is 0.393. The quantitative estimate of drug-likeness (QED) is 0.467. The van der Waals surface area contributed by atoms with Crippen LogP contribution in [-0.4, -0.2) is 35.2 Å². The molecule has 1 unspecified atom stereocenters. The van der Waals surface area contributed by atoms with E-state index in [-0.39, 0.29) is 22.7 Å². The van der Waals surface area contributed by atoms with Gasteiger partial charge in [-0.3, -0.25) is 14.4 Å². The molecule has 184 valence electrons. The maximum Gasteiger partial charge on any atom is 0.283 e. The predicted octanol–water partition coefficient (Wildman–Crippen LogP) is 5.87. The second kappa shape index (κ2) is 11.1. The number of imide groups is 1. The first-order chi connectivity index (χ1) is 16.9. The van der Waals surface area contributed by atoms with Crippen LogP contribution in [0, 0.1) is 0 Å². The number of halogens is 1. The molecule has 0 saturated carbocycles. The number of benzene rings is 2. The van der Waals surface area contributed by atoms with Crippen LogP contribution in [0.4, 0.5) is 11.4 Å². The van der Waals surface area contributed by atoms with Gasteiger partial charge >= 0.3 is 0 Å². The number of carbonyl (C=O) groups is 3. The summed E-state index contributed by atoms with van der Waals surface area (Å²) in [5, 5.41) is 2.84. The lowest BCUT2D eigenvalue weighted by Crippen LogP contribution is -2.43. The fourth-order valence-electron chi connectivity index (χ4n) is 4.77. The van der Waals surface area contributed by atoms with Gasteiger partial charge in [0.25, 0.3) is 17.7 Å². The lowest BCUT2D eigenvalue weighted by molar-refractivity contribution is -0.120. The van der Waals surface area contributed by atoms with E-state index in [0.29, 0.717) is 16.9 Å². The van der Waals surface area contributed by atoms with Crippen molar-refractivity contribution in [1.82, 2.24) is 4.90 Å². The first-order valence-electron chi connectivity index (χ1n) is 12.5. The summed E-state index contributed by atoms with van der Waals surface area (Å²) >= 11 is 6.31. The van der Waals surface area contributed by atoms with E-state index in [0.717, 1.165) is 62.0 Å². The molecule has 2 heterocycles. The molecule has 6 nitrogen and oxygen atoms in total. The molecule has 2 aliphatic heterocycles. The summed E-state index contributed by atoms with van der Waals surface area (Å²) in [6.07, 6.45) is 7.24. The number of unbranched alkanes of at least 4 members (excludes halogenated alkanes) is 1. The zero-order valence-electron chi connectivity index (χ0n) is 20.4. The van der Waals surface area contributed by atoms with Gasteiger partial charge in [0.1, 0.15) is 10.7 Å². The third-order valence-corrected chi connectivity index (χ3v) is 7.13. The SMILES string of the molecule is CCCCc1ccc(N2C(=O)C(Cl)=C(Nc3cccc(C(=O)N4CCCCC4CC)c3)C2=O)cc1. The van der Waals surface area contributed by atoms with Crippen molar-refractivity contribution in [2.75, 3.05) is 16.8 Å². The van der Waals surface area contributed by atoms with Crippen LogP contribution in [0.25, 0.3) is 0 Å². The summed E-state index contributed by atoms with van der Waals surface area (Å²) in [6, 6.07) is 14.7. The topological polar surface area (TPSA) is 69.7 Å². The van der Waals surface area contributed by atoms with E-state index in [1.807, 2.05) is 17.0 Å². The summed E-state index contributed by atoms with van der Waals surface area (Å²) < 4.78 is 0. The Kier molecular flexibility index (Phi) is 7.91. The Balaban J connectivity index is 1.51. The van der Waals surface area contributed by atoms with Gasteiger partial charge in [-0.15, -0.1) is 0 Å². The van der Waals surface area contributed by atoms with E-state index < -0.39 is 11.8 Å². The first-order valence-corrected chi connectivity index (χ1v) is 12.9. The van der Waals surface area contributed by atoms with Gasteiger partial charge in [0.2, 0.25) is 0 Å². The van der Waals surface area contributed by atoms with Crippen molar-refractivity contribution in [2.24, 2.45) is 0 Å². The molecule has 0 spiro atoms. The Morgan fingerprint density at radius 1 is 1.06 bits per heavy atom. The molecule has 0 bridgehead atoms. The van der Waals surface area contributed by atoms with E-state index in [1.54, 1.807) is 36.4 Å². The van der Waals surface area contributed by atoms with Crippen LogP contribution in [0.3, 0.4) is 0 Å². The number of nitrogens with one attached hydrogen (secondary N) is 1. The highest BCUT2D eigenvalue weighted by atomic mass is 35.5. The Morgan fingerprint density at radius 2 is 1.83 bits per heavy atom. The van der Waals surface area contributed by atoms with Crippen molar-refractivity contribution in [3.63, 3.8) is 0 Å². The van der Waals surface area contributed by atoms with Crippen LogP contribution < -0.4 is 10.2 Å². The maximum absolute atomic E-state index is 13.2. The van der Waals surface area contributed by atoms with Crippen molar-refractivity contribution in [3.05, 3.63) is 70.4 Å². The molecule has 0 aliphatic carbocycles. The van der Waals surface area contributed by atoms with Crippen LogP contribution >= 0.6 is 11.6 Å². The zero-order chi connectivity index (χ0) is 24.9. The van der Waals surface area contributed by atoms with Crippen molar-refractivity contribution in [2.45, 2.75) is 64.8 Å². The van der Waals surface area contributed by atoms with Gasteiger partial charge in [0.05, 0.1) is 5.69 Å². The highest BCUT2D eigenvalue weighted by molar-refractivity contribution is 6.53. The van der Waals surface area contributed by atoms with Crippen molar-refractivity contribution in [3.8, 4) is 0 Å². The number of hydrogen-bond acceptors (Lipinski definition) is 4. The number of carbonyl (C=O) groups excluding carboxylic acids is 3. The molecule has 1 atom stereocenters. The Hall–Kier alpha value is -3.12. The third-order valence-electron chi connectivity index (χ3n) is 6.78. The van der Waals surface area contributed by atoms with E-state index in [9.17, 15) is 14.4 Å². The van der Waals surface area contributed by atoms with E-state index in [2.05, 4.69) is 19.2 Å². The minimum atomic E-state index is -0.563. The van der Waals surface area contributed by atoms with Crippen LogP contribution in [-0.2, 0) is 16.0 Å². The fourth-order valence-corrected chi connectivity index (χ4v) is 4.98. The Labute approximate surface area is 211 Å². The summed E-state index contributed by atoms with van der Waals surface area (Å²) in [6.45, 7) is 5.00. The van der Waals surface area contributed by atoms with E-state index >= 15 is 0 Å². The van der Waals surface area contributed by atoms with Gasteiger partial charge in [0, 0.05) is 23.8 Å². The lowest BCUT2D eigenvalue weighted by atomic mass is 9.99. The zero-order valence-corrected chi connectivity index (χ0v) is 21.1. The van der Waals surface area contributed by atoms with Gasteiger partial charge in [-0.25, -0.2) is 4.90 Å². The molecule has 1 fully saturated rings. The molecule has 35 heavy (non-hydrogen) atoms. The molecule has 7 heteroatoms. The molecule has 4 rings (SSSR count). The van der Waals surface area contributed by atoms with Gasteiger partial charge in [-0.2, -0.15) is 0 Å². The second-order valence-electron chi connectivity index (χ2n) is 9.17. The molecule has 2 aromatic carbocycles. The van der Waals surface area contributed by atoms with Gasteiger partial charge in [-0.1, -0.05) is 50.1 Å². The monoisotopic (exact) mass is 493 g/mol. The van der Waals surface area contributed by atoms with Gasteiger partial charge in [0.15, 0.2) is 0 Å². The second-order valence-corrected chi connectivity index (χ2v) is 9.54. The molecular formula is C28H32ClN3O3. The largest absolute Gasteiger partial charge is 0.350 e. The third kappa shape index (κ3) is 5.27. The maximum atomic E-state index is 13.2. The van der Waals surface area contributed by atoms with Crippen molar-refractivity contribution >= 4 is 40.7 Å². The van der Waals surface area contributed by atoms with E-state index in [4.69, 9.17) is 11.6 Å². The number of anilines is 2. The standard InChI is InChI=1S/C28H32ClN3O3/c1-3-5-9-19-13-15-23(16-14-19)32-27(34)24(29)25(28(32)35)30-21-11-8-10-20(18-21)26(33)31-17-7-6-12-22(31)4-2/h8,10-11,13-16,18,22,30H,3-7,9,12,17H2,1-2H3. The minimum absolute atomic E-state index is 0.0146. The molecule has 0 radical (unpaired) electrons. The number of nitrogens with zero attached hydrogens (tertiary/aromatic N) is 2. The average Bonchev–Trinajstić information content (AvgIpc) is 3.10. The first kappa shape index (κ1) is 25.0. The van der Waals surface area contributed by atoms with Crippen LogP contribution in [0.2, 0.25) is 0 Å². The molecule has 1 saturated heterocycles. The number of piperidine rings is 1. The predicted molar refractivity (Wildman–Crippen MR) is 139 cm³/mol. The number of likely N-dealkylation sites (tertiary alicyclic amines) is 1. The van der Waals surface area contributed by atoms with Crippen LogP contribution in [0.15, 0.2) is 59.3 Å².